The van der Waals surface area contributed by atoms with Gasteiger partial charge in [0.25, 0.3) is 0 Å². The maximum Gasteiger partial charge on any atom is 0.416 e. The lowest BCUT2D eigenvalue weighted by Gasteiger charge is -2.06. The molecule has 1 fully saturated rings. The lowest BCUT2D eigenvalue weighted by Crippen LogP contribution is -2.19. The van der Waals surface area contributed by atoms with Crippen LogP contribution in [0, 0.1) is 0 Å². The summed E-state index contributed by atoms with van der Waals surface area (Å²) in [6.45, 7) is 0.400. The van der Waals surface area contributed by atoms with E-state index in [0.29, 0.717) is 12.4 Å². The van der Waals surface area contributed by atoms with Gasteiger partial charge in [0, 0.05) is 12.1 Å². The van der Waals surface area contributed by atoms with E-state index in [-0.39, 0.29) is 16.8 Å². The summed E-state index contributed by atoms with van der Waals surface area (Å²) in [6, 6.07) is 4.86. The first kappa shape index (κ1) is 13.1. The van der Waals surface area contributed by atoms with Crippen molar-refractivity contribution in [3.63, 3.8) is 0 Å². The highest BCUT2D eigenvalue weighted by atomic mass is 19.4. The largest absolute Gasteiger partial charge is 0.416 e. The third kappa shape index (κ3) is 2.18. The van der Waals surface area contributed by atoms with E-state index in [0.717, 1.165) is 25.0 Å². The first-order chi connectivity index (χ1) is 9.44. The van der Waals surface area contributed by atoms with E-state index in [4.69, 9.17) is 10.3 Å². The Morgan fingerprint density at radius 2 is 2.05 bits per heavy atom. The van der Waals surface area contributed by atoms with Gasteiger partial charge in [-0.2, -0.15) is 18.2 Å². The minimum atomic E-state index is -4.39. The molecule has 106 valence electrons. The van der Waals surface area contributed by atoms with E-state index < -0.39 is 11.7 Å². The highest BCUT2D eigenvalue weighted by Gasteiger charge is 2.48. The first-order valence-electron chi connectivity index (χ1n) is 6.16. The molecule has 1 aliphatic carbocycles. The SMILES string of the molecule is NCC1(c2nc(-c3cccc(C(F)(F)F)c3)no2)CC1. The molecule has 0 saturated heterocycles. The Balaban J connectivity index is 1.94. The molecule has 7 heteroatoms. The third-order valence-electron chi connectivity index (χ3n) is 3.57. The van der Waals surface area contributed by atoms with Crippen LogP contribution in [0.2, 0.25) is 0 Å². The fraction of sp³-hybridized carbons (Fsp3) is 0.385. The zero-order valence-electron chi connectivity index (χ0n) is 10.4. The summed E-state index contributed by atoms with van der Waals surface area (Å²) in [5.74, 6) is 0.568. The second kappa shape index (κ2) is 4.31. The van der Waals surface area contributed by atoms with Crippen LogP contribution in [0.5, 0.6) is 0 Å². The molecule has 0 radical (unpaired) electrons. The van der Waals surface area contributed by atoms with Gasteiger partial charge in [-0.25, -0.2) is 0 Å². The molecule has 0 amide bonds. The van der Waals surface area contributed by atoms with Crippen molar-refractivity contribution in [3.8, 4) is 11.4 Å². The smallest absolute Gasteiger partial charge is 0.338 e. The molecular weight excluding hydrogens is 271 g/mol. The number of hydrogen-bond donors (Lipinski definition) is 1. The second-order valence-electron chi connectivity index (χ2n) is 4.99. The monoisotopic (exact) mass is 283 g/mol. The van der Waals surface area contributed by atoms with Crippen molar-refractivity contribution in [2.24, 2.45) is 5.73 Å². The zero-order chi connectivity index (χ0) is 14.4. The average Bonchev–Trinajstić information content (AvgIpc) is 3.07. The Hall–Kier alpha value is -1.89. The summed E-state index contributed by atoms with van der Waals surface area (Å²) in [6.07, 6.45) is -2.65. The number of nitrogens with two attached hydrogens (primary N) is 1. The van der Waals surface area contributed by atoms with Gasteiger partial charge in [0.1, 0.15) is 0 Å². The van der Waals surface area contributed by atoms with Crippen LogP contribution in [0.3, 0.4) is 0 Å². The summed E-state index contributed by atoms with van der Waals surface area (Å²) < 4.78 is 43.1. The molecule has 2 N–H and O–H groups in total. The minimum absolute atomic E-state index is 0.158. The van der Waals surface area contributed by atoms with E-state index >= 15 is 0 Å². The van der Waals surface area contributed by atoms with Gasteiger partial charge in [0.2, 0.25) is 11.7 Å². The standard InChI is InChI=1S/C13H12F3N3O/c14-13(15,16)9-3-1-2-8(6-9)10-18-11(20-19-10)12(7-17)4-5-12/h1-3,6H,4-5,7,17H2. The first-order valence-corrected chi connectivity index (χ1v) is 6.16. The minimum Gasteiger partial charge on any atom is -0.338 e. The molecule has 0 unspecified atom stereocenters. The lowest BCUT2D eigenvalue weighted by atomic mass is 10.1. The fourth-order valence-corrected chi connectivity index (χ4v) is 2.05. The molecule has 1 saturated carbocycles. The molecule has 0 aliphatic heterocycles. The Labute approximate surface area is 112 Å². The number of aromatic nitrogens is 2. The molecule has 1 aliphatic rings. The maximum absolute atomic E-state index is 12.7. The van der Waals surface area contributed by atoms with Crippen molar-refractivity contribution < 1.29 is 17.7 Å². The third-order valence-corrected chi connectivity index (χ3v) is 3.57. The summed E-state index contributed by atoms with van der Waals surface area (Å²) >= 11 is 0. The predicted octanol–water partition coefficient (Wildman–Crippen LogP) is 2.75. The number of halogens is 3. The summed E-state index contributed by atoms with van der Waals surface area (Å²) in [4.78, 5) is 4.18. The van der Waals surface area contributed by atoms with E-state index in [2.05, 4.69) is 10.1 Å². The van der Waals surface area contributed by atoms with Crippen LogP contribution in [-0.2, 0) is 11.6 Å². The van der Waals surface area contributed by atoms with Crippen LogP contribution < -0.4 is 5.73 Å². The summed E-state index contributed by atoms with van der Waals surface area (Å²) in [7, 11) is 0. The van der Waals surface area contributed by atoms with Crippen LogP contribution in [0.25, 0.3) is 11.4 Å². The van der Waals surface area contributed by atoms with Crippen LogP contribution in [0.1, 0.15) is 24.3 Å². The van der Waals surface area contributed by atoms with Gasteiger partial charge in [0.05, 0.1) is 11.0 Å². The Morgan fingerprint density at radius 3 is 2.65 bits per heavy atom. The quantitative estimate of drug-likeness (QED) is 0.940. The van der Waals surface area contributed by atoms with E-state index in [1.807, 2.05) is 0 Å². The van der Waals surface area contributed by atoms with Gasteiger partial charge >= 0.3 is 6.18 Å². The van der Waals surface area contributed by atoms with Crippen molar-refractivity contribution in [2.75, 3.05) is 6.54 Å². The van der Waals surface area contributed by atoms with E-state index in [9.17, 15) is 13.2 Å². The Bertz CT molecular complexity index is 632. The fourth-order valence-electron chi connectivity index (χ4n) is 2.05. The molecule has 0 atom stereocenters. The van der Waals surface area contributed by atoms with Gasteiger partial charge in [-0.15, -0.1) is 0 Å². The Kier molecular flexibility index (Phi) is 2.82. The maximum atomic E-state index is 12.7. The van der Waals surface area contributed by atoms with Crippen molar-refractivity contribution in [3.05, 3.63) is 35.7 Å². The number of benzene rings is 1. The highest BCUT2D eigenvalue weighted by molar-refractivity contribution is 5.56. The number of alkyl halides is 3. The molecular formula is C13H12F3N3O. The van der Waals surface area contributed by atoms with Crippen LogP contribution in [0.15, 0.2) is 28.8 Å². The zero-order valence-corrected chi connectivity index (χ0v) is 10.4. The number of nitrogens with zero attached hydrogens (tertiary/aromatic N) is 2. The average molecular weight is 283 g/mol. The van der Waals surface area contributed by atoms with Gasteiger partial charge in [-0.1, -0.05) is 17.3 Å². The van der Waals surface area contributed by atoms with Crippen molar-refractivity contribution in [1.82, 2.24) is 10.1 Å². The lowest BCUT2D eigenvalue weighted by molar-refractivity contribution is -0.137. The molecule has 0 spiro atoms. The normalized spacial score (nSPS) is 17.2. The topological polar surface area (TPSA) is 64.9 Å². The van der Waals surface area contributed by atoms with Gasteiger partial charge < -0.3 is 10.3 Å². The van der Waals surface area contributed by atoms with Crippen LogP contribution in [-0.4, -0.2) is 16.7 Å². The molecule has 1 aromatic heterocycles. The molecule has 2 aromatic rings. The van der Waals surface area contributed by atoms with Crippen molar-refractivity contribution >= 4 is 0 Å². The van der Waals surface area contributed by atoms with Crippen LogP contribution >= 0.6 is 0 Å². The van der Waals surface area contributed by atoms with E-state index in [1.165, 1.54) is 12.1 Å². The van der Waals surface area contributed by atoms with Crippen molar-refractivity contribution in [2.45, 2.75) is 24.4 Å². The number of hydrogen-bond acceptors (Lipinski definition) is 4. The molecule has 4 nitrogen and oxygen atoms in total. The Morgan fingerprint density at radius 1 is 1.30 bits per heavy atom. The molecule has 0 bridgehead atoms. The van der Waals surface area contributed by atoms with Crippen molar-refractivity contribution in [1.29, 1.82) is 0 Å². The summed E-state index contributed by atoms with van der Waals surface area (Å²) in [5, 5.41) is 3.75. The molecule has 3 rings (SSSR count). The molecule has 1 heterocycles. The predicted molar refractivity (Wildman–Crippen MR) is 64.7 cm³/mol. The number of rotatable bonds is 3. The van der Waals surface area contributed by atoms with Gasteiger partial charge in [-0.05, 0) is 25.0 Å². The highest BCUT2D eigenvalue weighted by Crippen LogP contribution is 2.46. The molecule has 1 aromatic carbocycles. The van der Waals surface area contributed by atoms with Crippen LogP contribution in [0.4, 0.5) is 13.2 Å². The van der Waals surface area contributed by atoms with Gasteiger partial charge in [-0.3, -0.25) is 0 Å². The molecule has 20 heavy (non-hydrogen) atoms. The van der Waals surface area contributed by atoms with E-state index in [1.54, 1.807) is 0 Å². The summed E-state index contributed by atoms with van der Waals surface area (Å²) in [5.41, 5.74) is 4.93. The van der Waals surface area contributed by atoms with Gasteiger partial charge in [0.15, 0.2) is 0 Å². The second-order valence-corrected chi connectivity index (χ2v) is 4.99.